The molecule has 4 nitrogen and oxygen atoms in total. The van der Waals surface area contributed by atoms with E-state index in [0.717, 1.165) is 40.7 Å². The van der Waals surface area contributed by atoms with Crippen LogP contribution in [0.4, 0.5) is 0 Å². The first kappa shape index (κ1) is 15.1. The minimum atomic E-state index is -0.430. The summed E-state index contributed by atoms with van der Waals surface area (Å²) >= 11 is 0. The van der Waals surface area contributed by atoms with Gasteiger partial charge in [-0.2, -0.15) is 0 Å². The summed E-state index contributed by atoms with van der Waals surface area (Å²) in [7, 11) is 0. The summed E-state index contributed by atoms with van der Waals surface area (Å²) in [6.45, 7) is 2.10. The lowest BCUT2D eigenvalue weighted by Crippen LogP contribution is -2.27. The summed E-state index contributed by atoms with van der Waals surface area (Å²) in [5, 5.41) is 11.4. The molecule has 1 aliphatic heterocycles. The number of pyridine rings is 1. The molecule has 1 atom stereocenters. The van der Waals surface area contributed by atoms with Crippen LogP contribution < -0.4 is 5.56 Å². The molecule has 0 saturated heterocycles. The van der Waals surface area contributed by atoms with E-state index in [1.54, 1.807) is 0 Å². The molecule has 0 radical (unpaired) electrons. The predicted molar refractivity (Wildman–Crippen MR) is 94.7 cm³/mol. The van der Waals surface area contributed by atoms with Crippen molar-refractivity contribution in [2.45, 2.75) is 25.6 Å². The van der Waals surface area contributed by atoms with Crippen molar-refractivity contribution in [3.05, 3.63) is 81.6 Å². The molecule has 0 spiro atoms. The van der Waals surface area contributed by atoms with Crippen LogP contribution in [-0.2, 0) is 13.1 Å². The van der Waals surface area contributed by atoms with Gasteiger partial charge >= 0.3 is 0 Å². The van der Waals surface area contributed by atoms with Gasteiger partial charge in [0.2, 0.25) is 0 Å². The van der Waals surface area contributed by atoms with Gasteiger partial charge in [-0.1, -0.05) is 42.5 Å². The van der Waals surface area contributed by atoms with Gasteiger partial charge in [0, 0.05) is 30.7 Å². The standard InChI is InChI=1S/C20H20N2O2/c23-19-9-10-22(12-15-6-1-3-7-17(15)19)13-16-11-14-5-2-4-8-18(14)21-20(16)24/h1-8,11,19,23H,9-10,12-13H2,(H,21,24). The first-order chi connectivity index (χ1) is 11.7. The van der Waals surface area contributed by atoms with Crippen molar-refractivity contribution < 1.29 is 5.11 Å². The van der Waals surface area contributed by atoms with Gasteiger partial charge in [0.1, 0.15) is 0 Å². The van der Waals surface area contributed by atoms with Gasteiger partial charge in [-0.25, -0.2) is 0 Å². The number of nitrogens with one attached hydrogen (secondary N) is 1. The van der Waals surface area contributed by atoms with Crippen LogP contribution in [0.1, 0.15) is 29.2 Å². The molecule has 1 aromatic heterocycles. The van der Waals surface area contributed by atoms with E-state index in [-0.39, 0.29) is 5.56 Å². The number of aliphatic hydroxyl groups excluding tert-OH is 1. The Labute approximate surface area is 140 Å². The molecule has 2 heterocycles. The molecule has 0 amide bonds. The molecule has 0 aliphatic carbocycles. The number of hydrogen-bond acceptors (Lipinski definition) is 3. The van der Waals surface area contributed by atoms with Crippen molar-refractivity contribution in [1.82, 2.24) is 9.88 Å². The quantitative estimate of drug-likeness (QED) is 0.763. The van der Waals surface area contributed by atoms with Crippen molar-refractivity contribution in [2.24, 2.45) is 0 Å². The minimum Gasteiger partial charge on any atom is -0.388 e. The molecule has 2 N–H and O–H groups in total. The molecule has 4 rings (SSSR count). The zero-order chi connectivity index (χ0) is 16.5. The summed E-state index contributed by atoms with van der Waals surface area (Å²) in [6.07, 6.45) is 0.253. The lowest BCUT2D eigenvalue weighted by Gasteiger charge is -2.20. The second-order valence-corrected chi connectivity index (χ2v) is 6.42. The molecular weight excluding hydrogens is 300 g/mol. The summed E-state index contributed by atoms with van der Waals surface area (Å²) in [4.78, 5) is 17.6. The Morgan fingerprint density at radius 2 is 1.92 bits per heavy atom. The molecule has 2 aromatic carbocycles. The normalized spacial score (nSPS) is 18.3. The molecule has 0 fully saturated rings. The first-order valence-corrected chi connectivity index (χ1v) is 8.30. The zero-order valence-corrected chi connectivity index (χ0v) is 13.4. The fourth-order valence-electron chi connectivity index (χ4n) is 3.47. The van der Waals surface area contributed by atoms with Gasteiger partial charge in [0.15, 0.2) is 0 Å². The molecule has 24 heavy (non-hydrogen) atoms. The van der Waals surface area contributed by atoms with E-state index in [1.165, 1.54) is 0 Å². The van der Waals surface area contributed by atoms with Gasteiger partial charge in [-0.15, -0.1) is 0 Å². The molecule has 3 aromatic rings. The number of para-hydroxylation sites is 1. The van der Waals surface area contributed by atoms with Crippen molar-refractivity contribution in [3.8, 4) is 0 Å². The van der Waals surface area contributed by atoms with Crippen molar-refractivity contribution in [3.63, 3.8) is 0 Å². The summed E-state index contributed by atoms with van der Waals surface area (Å²) < 4.78 is 0. The maximum absolute atomic E-state index is 12.4. The summed E-state index contributed by atoms with van der Waals surface area (Å²) in [5.41, 5.74) is 3.74. The third kappa shape index (κ3) is 2.86. The van der Waals surface area contributed by atoms with Gasteiger partial charge < -0.3 is 10.1 Å². The summed E-state index contributed by atoms with van der Waals surface area (Å²) in [6, 6.07) is 17.8. The van der Waals surface area contributed by atoms with Crippen LogP contribution in [0.5, 0.6) is 0 Å². The number of aromatic nitrogens is 1. The zero-order valence-electron chi connectivity index (χ0n) is 13.4. The average molecular weight is 320 g/mol. The molecule has 1 aliphatic rings. The molecule has 1 unspecified atom stereocenters. The van der Waals surface area contributed by atoms with Crippen LogP contribution in [-0.4, -0.2) is 21.5 Å². The molecule has 4 heteroatoms. The maximum atomic E-state index is 12.4. The van der Waals surface area contributed by atoms with E-state index < -0.39 is 6.10 Å². The van der Waals surface area contributed by atoms with Crippen molar-refractivity contribution in [1.29, 1.82) is 0 Å². The van der Waals surface area contributed by atoms with Crippen LogP contribution in [0.2, 0.25) is 0 Å². The lowest BCUT2D eigenvalue weighted by molar-refractivity contribution is 0.149. The molecule has 122 valence electrons. The fraction of sp³-hybridized carbons (Fsp3) is 0.250. The van der Waals surface area contributed by atoms with Gasteiger partial charge in [-0.05, 0) is 35.1 Å². The van der Waals surface area contributed by atoms with Crippen LogP contribution >= 0.6 is 0 Å². The van der Waals surface area contributed by atoms with E-state index in [1.807, 2.05) is 48.5 Å². The van der Waals surface area contributed by atoms with Crippen molar-refractivity contribution in [2.75, 3.05) is 6.54 Å². The minimum absolute atomic E-state index is 0.0354. The topological polar surface area (TPSA) is 56.3 Å². The molecular formula is C20H20N2O2. The Morgan fingerprint density at radius 1 is 1.12 bits per heavy atom. The fourth-order valence-corrected chi connectivity index (χ4v) is 3.47. The highest BCUT2D eigenvalue weighted by atomic mass is 16.3. The van der Waals surface area contributed by atoms with Crippen molar-refractivity contribution >= 4 is 10.9 Å². The van der Waals surface area contributed by atoms with Gasteiger partial charge in [0.25, 0.3) is 5.56 Å². The highest BCUT2D eigenvalue weighted by Crippen LogP contribution is 2.27. The van der Waals surface area contributed by atoms with E-state index in [4.69, 9.17) is 0 Å². The van der Waals surface area contributed by atoms with Crippen LogP contribution in [0.15, 0.2) is 59.4 Å². The predicted octanol–water partition coefficient (Wildman–Crippen LogP) is 2.97. The number of aromatic amines is 1. The number of fused-ring (bicyclic) bond motifs is 2. The summed E-state index contributed by atoms with van der Waals surface area (Å²) in [5.74, 6) is 0. The maximum Gasteiger partial charge on any atom is 0.252 e. The number of hydrogen-bond donors (Lipinski definition) is 2. The number of rotatable bonds is 2. The second-order valence-electron chi connectivity index (χ2n) is 6.42. The molecule has 0 bridgehead atoms. The first-order valence-electron chi connectivity index (χ1n) is 8.30. The second kappa shape index (κ2) is 6.23. The number of nitrogens with zero attached hydrogens (tertiary/aromatic N) is 1. The third-order valence-electron chi connectivity index (χ3n) is 4.75. The third-order valence-corrected chi connectivity index (χ3v) is 4.75. The van der Waals surface area contributed by atoms with E-state index in [2.05, 4.69) is 16.0 Å². The Balaban J connectivity index is 1.64. The molecule has 0 saturated carbocycles. The van der Waals surface area contributed by atoms with E-state index in [0.29, 0.717) is 13.0 Å². The highest BCUT2D eigenvalue weighted by molar-refractivity contribution is 5.78. The van der Waals surface area contributed by atoms with Gasteiger partial charge in [-0.3, -0.25) is 9.69 Å². The van der Waals surface area contributed by atoms with Crippen LogP contribution in [0.3, 0.4) is 0 Å². The smallest absolute Gasteiger partial charge is 0.252 e. The number of H-pyrrole nitrogens is 1. The van der Waals surface area contributed by atoms with Gasteiger partial charge in [0.05, 0.1) is 6.10 Å². The monoisotopic (exact) mass is 320 g/mol. The Hall–Kier alpha value is -2.43. The van der Waals surface area contributed by atoms with E-state index in [9.17, 15) is 9.90 Å². The Morgan fingerprint density at radius 3 is 2.83 bits per heavy atom. The largest absolute Gasteiger partial charge is 0.388 e. The number of benzene rings is 2. The Bertz CT molecular complexity index is 932. The highest BCUT2D eigenvalue weighted by Gasteiger charge is 2.21. The number of aliphatic hydroxyl groups is 1. The van der Waals surface area contributed by atoms with E-state index >= 15 is 0 Å². The lowest BCUT2D eigenvalue weighted by atomic mass is 10.0. The Kier molecular flexibility index (Phi) is 3.92. The van der Waals surface area contributed by atoms with Crippen LogP contribution in [0.25, 0.3) is 10.9 Å². The van der Waals surface area contributed by atoms with Crippen LogP contribution in [0, 0.1) is 0 Å². The average Bonchev–Trinajstić information content (AvgIpc) is 2.75. The SMILES string of the molecule is O=c1[nH]c2ccccc2cc1CN1CCC(O)c2ccccc2C1.